The molecule has 0 radical (unpaired) electrons. The first-order chi connectivity index (χ1) is 16.6. The molecule has 186 valence electrons. The Hall–Kier alpha value is -3.25. The van der Waals surface area contributed by atoms with Crippen molar-refractivity contribution in [2.24, 2.45) is 0 Å². The van der Waals surface area contributed by atoms with E-state index in [4.69, 9.17) is 0 Å². The summed E-state index contributed by atoms with van der Waals surface area (Å²) < 4.78 is 14.2. The zero-order valence-corrected chi connectivity index (χ0v) is 21.2. The number of benzene rings is 2. The Labute approximate surface area is 207 Å². The molecule has 0 fully saturated rings. The molecule has 3 N–H and O–H groups in total. The number of halogens is 1. The van der Waals surface area contributed by atoms with E-state index < -0.39 is 11.4 Å². The zero-order valence-electron chi connectivity index (χ0n) is 21.2. The maximum absolute atomic E-state index is 14.2. The van der Waals surface area contributed by atoms with Gasteiger partial charge in [-0.25, -0.2) is 9.37 Å². The van der Waals surface area contributed by atoms with Crippen LogP contribution in [0.1, 0.15) is 68.3 Å². The molecular weight excluding hydrogens is 441 g/mol. The minimum absolute atomic E-state index is 0.0186. The Morgan fingerprint density at radius 3 is 2.46 bits per heavy atom. The van der Waals surface area contributed by atoms with Crippen molar-refractivity contribution in [1.29, 1.82) is 0 Å². The highest BCUT2D eigenvalue weighted by atomic mass is 19.1. The van der Waals surface area contributed by atoms with Crippen LogP contribution in [0.15, 0.2) is 66.9 Å². The van der Waals surface area contributed by atoms with Crippen LogP contribution in [0.4, 0.5) is 10.2 Å². The average molecular weight is 478 g/mol. The number of nitrogens with zero attached hydrogens (tertiary/aromatic N) is 1. The van der Waals surface area contributed by atoms with Crippen LogP contribution in [0.2, 0.25) is 0 Å². The first kappa shape index (κ1) is 26.4. The van der Waals surface area contributed by atoms with E-state index in [1.54, 1.807) is 32.2 Å². The molecule has 35 heavy (non-hydrogen) atoms. The van der Waals surface area contributed by atoms with Crippen molar-refractivity contribution < 1.29 is 14.3 Å². The van der Waals surface area contributed by atoms with Gasteiger partial charge in [-0.3, -0.25) is 4.79 Å². The molecule has 0 saturated heterocycles. The van der Waals surface area contributed by atoms with Gasteiger partial charge in [-0.2, -0.15) is 0 Å². The Morgan fingerprint density at radius 1 is 1.09 bits per heavy atom. The van der Waals surface area contributed by atoms with Crippen molar-refractivity contribution in [3.8, 4) is 0 Å². The number of carboxylic acids is 1. The summed E-state index contributed by atoms with van der Waals surface area (Å²) in [5.74, 6) is -0.188. The SMILES string of the molecule is CC[C@@H](Nc1ncccc1C)[C@H](NC[C@H](C)c1cccc(C(C)(C)C(=O)O)c1)c1cccc(F)c1. The standard InChI is InChI=1S/C29H36FN3O2/c1-6-25(33-27-19(2)10-9-15-31-27)26(22-12-8-14-24(30)17-22)32-18-20(3)21-11-7-13-23(16-21)29(4,5)28(34)35/h7-17,20,25-26,32H,6,18H2,1-5H3,(H,31,33)(H,34,35)/t20-,25+,26+/m0/s1. The van der Waals surface area contributed by atoms with E-state index in [-0.39, 0.29) is 23.8 Å². The molecule has 2 aromatic carbocycles. The number of aryl methyl sites for hydroxylation is 1. The number of pyridine rings is 1. The van der Waals surface area contributed by atoms with E-state index in [1.807, 2.05) is 49.4 Å². The van der Waals surface area contributed by atoms with Crippen LogP contribution in [-0.2, 0) is 10.2 Å². The predicted molar refractivity (Wildman–Crippen MR) is 139 cm³/mol. The van der Waals surface area contributed by atoms with Crippen molar-refractivity contribution in [2.75, 3.05) is 11.9 Å². The van der Waals surface area contributed by atoms with Crippen molar-refractivity contribution in [3.63, 3.8) is 0 Å². The molecule has 0 bridgehead atoms. The fraction of sp³-hybridized carbons (Fsp3) is 0.379. The van der Waals surface area contributed by atoms with Crippen LogP contribution in [0.5, 0.6) is 0 Å². The molecular formula is C29H36FN3O2. The van der Waals surface area contributed by atoms with Gasteiger partial charge in [-0.15, -0.1) is 0 Å². The quantitative estimate of drug-likeness (QED) is 0.306. The molecule has 0 spiro atoms. The molecule has 0 aliphatic heterocycles. The smallest absolute Gasteiger partial charge is 0.313 e. The topological polar surface area (TPSA) is 74.2 Å². The van der Waals surface area contributed by atoms with E-state index in [9.17, 15) is 14.3 Å². The van der Waals surface area contributed by atoms with Gasteiger partial charge in [0.15, 0.2) is 0 Å². The fourth-order valence-corrected chi connectivity index (χ4v) is 4.20. The third kappa shape index (κ3) is 6.45. The molecule has 1 aromatic heterocycles. The van der Waals surface area contributed by atoms with Gasteiger partial charge in [0.25, 0.3) is 0 Å². The van der Waals surface area contributed by atoms with Gasteiger partial charge >= 0.3 is 5.97 Å². The molecule has 0 unspecified atom stereocenters. The van der Waals surface area contributed by atoms with E-state index in [2.05, 4.69) is 29.5 Å². The lowest BCUT2D eigenvalue weighted by Gasteiger charge is -2.31. The second-order valence-electron chi connectivity index (χ2n) is 9.73. The molecule has 3 rings (SSSR count). The maximum atomic E-state index is 14.2. The number of anilines is 1. The van der Waals surface area contributed by atoms with E-state index in [1.165, 1.54) is 6.07 Å². The minimum atomic E-state index is -0.967. The Kier molecular flexibility index (Phi) is 8.62. The average Bonchev–Trinajstić information content (AvgIpc) is 2.84. The number of hydrogen-bond acceptors (Lipinski definition) is 4. The highest BCUT2D eigenvalue weighted by molar-refractivity contribution is 5.80. The molecule has 0 aliphatic carbocycles. The van der Waals surface area contributed by atoms with E-state index >= 15 is 0 Å². The molecule has 0 aliphatic rings. The van der Waals surface area contributed by atoms with Crippen LogP contribution in [-0.4, -0.2) is 28.6 Å². The Morgan fingerprint density at radius 2 is 1.80 bits per heavy atom. The first-order valence-corrected chi connectivity index (χ1v) is 12.1. The van der Waals surface area contributed by atoms with Crippen molar-refractivity contribution >= 4 is 11.8 Å². The second kappa shape index (κ2) is 11.5. The number of nitrogens with one attached hydrogen (secondary N) is 2. The van der Waals surface area contributed by atoms with Gasteiger partial charge in [-0.05, 0) is 73.6 Å². The van der Waals surface area contributed by atoms with Crippen LogP contribution < -0.4 is 10.6 Å². The number of rotatable bonds is 11. The third-order valence-electron chi connectivity index (χ3n) is 6.74. The van der Waals surface area contributed by atoms with Crippen molar-refractivity contribution in [1.82, 2.24) is 10.3 Å². The number of carboxylic acid groups (broad SMARTS) is 1. The van der Waals surface area contributed by atoms with Crippen LogP contribution in [0, 0.1) is 12.7 Å². The number of aliphatic carboxylic acids is 1. The number of carbonyl (C=O) groups is 1. The lowest BCUT2D eigenvalue weighted by atomic mass is 9.83. The largest absolute Gasteiger partial charge is 0.481 e. The summed E-state index contributed by atoms with van der Waals surface area (Å²) in [6, 6.07) is 18.2. The van der Waals surface area contributed by atoms with Gasteiger partial charge in [0.05, 0.1) is 11.5 Å². The van der Waals surface area contributed by atoms with Crippen molar-refractivity contribution in [3.05, 3.63) is 94.9 Å². The normalized spacial score (nSPS) is 14.2. The lowest BCUT2D eigenvalue weighted by Crippen LogP contribution is -2.38. The molecule has 6 heteroatoms. The number of aromatic nitrogens is 1. The third-order valence-corrected chi connectivity index (χ3v) is 6.74. The van der Waals surface area contributed by atoms with Gasteiger partial charge < -0.3 is 15.7 Å². The Balaban J connectivity index is 1.84. The van der Waals surface area contributed by atoms with Gasteiger partial charge in [0.1, 0.15) is 11.6 Å². The summed E-state index contributed by atoms with van der Waals surface area (Å²) in [5.41, 5.74) is 2.78. The highest BCUT2D eigenvalue weighted by Gasteiger charge is 2.30. The zero-order chi connectivity index (χ0) is 25.6. The van der Waals surface area contributed by atoms with Gasteiger partial charge in [0.2, 0.25) is 0 Å². The van der Waals surface area contributed by atoms with Gasteiger partial charge in [-0.1, -0.05) is 56.3 Å². The monoisotopic (exact) mass is 477 g/mol. The predicted octanol–water partition coefficient (Wildman–Crippen LogP) is 6.22. The molecule has 3 atom stereocenters. The Bertz CT molecular complexity index is 1150. The van der Waals surface area contributed by atoms with E-state index in [0.717, 1.165) is 34.5 Å². The maximum Gasteiger partial charge on any atom is 0.313 e. The van der Waals surface area contributed by atoms with Crippen LogP contribution in [0.3, 0.4) is 0 Å². The fourth-order valence-electron chi connectivity index (χ4n) is 4.20. The summed E-state index contributed by atoms with van der Waals surface area (Å²) >= 11 is 0. The highest BCUT2D eigenvalue weighted by Crippen LogP contribution is 2.28. The second-order valence-corrected chi connectivity index (χ2v) is 9.73. The summed E-state index contributed by atoms with van der Waals surface area (Å²) in [5, 5.41) is 16.8. The van der Waals surface area contributed by atoms with Crippen LogP contribution >= 0.6 is 0 Å². The molecule has 3 aromatic rings. The molecule has 0 saturated carbocycles. The number of hydrogen-bond donors (Lipinski definition) is 3. The minimum Gasteiger partial charge on any atom is -0.481 e. The lowest BCUT2D eigenvalue weighted by molar-refractivity contribution is -0.142. The van der Waals surface area contributed by atoms with E-state index in [0.29, 0.717) is 6.54 Å². The summed E-state index contributed by atoms with van der Waals surface area (Å²) in [6.45, 7) is 10.3. The van der Waals surface area contributed by atoms with Crippen molar-refractivity contribution in [2.45, 2.75) is 64.5 Å². The summed E-state index contributed by atoms with van der Waals surface area (Å²) in [6.07, 6.45) is 2.57. The summed E-state index contributed by atoms with van der Waals surface area (Å²) in [4.78, 5) is 16.2. The summed E-state index contributed by atoms with van der Waals surface area (Å²) in [7, 11) is 0. The molecule has 0 amide bonds. The molecule has 1 heterocycles. The van der Waals surface area contributed by atoms with Crippen LogP contribution in [0.25, 0.3) is 0 Å². The van der Waals surface area contributed by atoms with Gasteiger partial charge in [0, 0.05) is 18.8 Å². The first-order valence-electron chi connectivity index (χ1n) is 12.1. The molecule has 5 nitrogen and oxygen atoms in total.